The van der Waals surface area contributed by atoms with Crippen molar-refractivity contribution in [2.45, 2.75) is 25.1 Å². The molecule has 116 valence electrons. The molecular weight excluding hydrogens is 281 g/mol. The number of nitrogens with two attached hydrogens (primary N) is 1. The minimum absolute atomic E-state index is 0.0550. The van der Waals surface area contributed by atoms with Crippen LogP contribution in [0.3, 0.4) is 0 Å². The molecule has 1 rings (SSSR count). The molecular formula is C11H17F3N2O4. The summed E-state index contributed by atoms with van der Waals surface area (Å²) < 4.78 is 43.7. The van der Waals surface area contributed by atoms with Crippen LogP contribution in [0, 0.1) is 5.41 Å². The van der Waals surface area contributed by atoms with E-state index in [2.05, 4.69) is 0 Å². The van der Waals surface area contributed by atoms with Crippen LogP contribution in [0.5, 0.6) is 0 Å². The quantitative estimate of drug-likeness (QED) is 0.757. The maximum absolute atomic E-state index is 12.9. The van der Waals surface area contributed by atoms with Gasteiger partial charge in [0.2, 0.25) is 5.91 Å². The standard InChI is InChI=1S/C11H17F3N2O4/c1-20-7(5-15)4-8(17)16-3-2-10(6-16,9(18)19)11(12,13)14/h7H,2-6,15H2,1H3,(H,18,19). The Hall–Kier alpha value is -1.35. The summed E-state index contributed by atoms with van der Waals surface area (Å²) in [6, 6.07) is 0. The van der Waals surface area contributed by atoms with E-state index in [9.17, 15) is 22.8 Å². The minimum Gasteiger partial charge on any atom is -0.481 e. The van der Waals surface area contributed by atoms with Crippen LogP contribution >= 0.6 is 0 Å². The van der Waals surface area contributed by atoms with Gasteiger partial charge in [-0.2, -0.15) is 13.2 Å². The van der Waals surface area contributed by atoms with Crippen LogP contribution in [0.15, 0.2) is 0 Å². The van der Waals surface area contributed by atoms with Gasteiger partial charge in [-0.1, -0.05) is 0 Å². The zero-order valence-corrected chi connectivity index (χ0v) is 10.9. The van der Waals surface area contributed by atoms with Crippen molar-refractivity contribution < 1.29 is 32.6 Å². The summed E-state index contributed by atoms with van der Waals surface area (Å²) in [4.78, 5) is 23.7. The number of carboxylic acid groups (broad SMARTS) is 1. The van der Waals surface area contributed by atoms with E-state index in [1.54, 1.807) is 0 Å². The number of alkyl halides is 3. The molecule has 1 heterocycles. The number of hydrogen-bond donors (Lipinski definition) is 2. The first-order valence-electron chi connectivity index (χ1n) is 5.98. The van der Waals surface area contributed by atoms with Crippen molar-refractivity contribution in [1.29, 1.82) is 0 Å². The lowest BCUT2D eigenvalue weighted by Gasteiger charge is -2.27. The number of aliphatic carboxylic acids is 1. The number of halogens is 3. The first kappa shape index (κ1) is 16.7. The predicted molar refractivity (Wildman–Crippen MR) is 61.8 cm³/mol. The highest BCUT2D eigenvalue weighted by Crippen LogP contribution is 2.45. The van der Waals surface area contributed by atoms with Crippen molar-refractivity contribution in [3.63, 3.8) is 0 Å². The average Bonchev–Trinajstić information content (AvgIpc) is 2.81. The summed E-state index contributed by atoms with van der Waals surface area (Å²) in [6.45, 7) is -1.06. The Balaban J connectivity index is 2.79. The number of rotatable bonds is 5. The molecule has 20 heavy (non-hydrogen) atoms. The van der Waals surface area contributed by atoms with Gasteiger partial charge in [0, 0.05) is 26.7 Å². The van der Waals surface area contributed by atoms with Gasteiger partial charge in [0.1, 0.15) is 0 Å². The highest BCUT2D eigenvalue weighted by atomic mass is 19.4. The number of amides is 1. The maximum Gasteiger partial charge on any atom is 0.406 e. The van der Waals surface area contributed by atoms with Gasteiger partial charge in [0.25, 0.3) is 0 Å². The highest BCUT2D eigenvalue weighted by Gasteiger charge is 2.64. The third-order valence-electron chi connectivity index (χ3n) is 3.57. The molecule has 0 bridgehead atoms. The number of hydrogen-bond acceptors (Lipinski definition) is 4. The van der Waals surface area contributed by atoms with E-state index in [1.165, 1.54) is 7.11 Å². The molecule has 0 radical (unpaired) electrons. The zero-order chi connectivity index (χ0) is 15.6. The second-order valence-corrected chi connectivity index (χ2v) is 4.75. The number of likely N-dealkylation sites (tertiary alicyclic amines) is 1. The molecule has 0 aromatic heterocycles. The van der Waals surface area contributed by atoms with E-state index < -0.39 is 42.5 Å². The van der Waals surface area contributed by atoms with Gasteiger partial charge in [-0.15, -0.1) is 0 Å². The Labute approximate surface area is 113 Å². The fraction of sp³-hybridized carbons (Fsp3) is 0.818. The Morgan fingerprint density at radius 1 is 1.50 bits per heavy atom. The summed E-state index contributed by atoms with van der Waals surface area (Å²) in [5.41, 5.74) is 2.45. The zero-order valence-electron chi connectivity index (χ0n) is 10.9. The second-order valence-electron chi connectivity index (χ2n) is 4.75. The summed E-state index contributed by atoms with van der Waals surface area (Å²) in [5.74, 6) is -2.54. The first-order valence-corrected chi connectivity index (χ1v) is 5.98. The van der Waals surface area contributed by atoms with Gasteiger partial charge in [-0.25, -0.2) is 0 Å². The Kier molecular flexibility index (Phi) is 4.98. The monoisotopic (exact) mass is 298 g/mol. The molecule has 0 spiro atoms. The molecule has 1 aliphatic rings. The summed E-state index contributed by atoms with van der Waals surface area (Å²) >= 11 is 0. The molecule has 1 amide bonds. The third kappa shape index (κ3) is 3.04. The van der Waals surface area contributed by atoms with Crippen LogP contribution in [0.4, 0.5) is 13.2 Å². The molecule has 1 saturated heterocycles. The van der Waals surface area contributed by atoms with E-state index >= 15 is 0 Å². The number of carboxylic acids is 1. The van der Waals surface area contributed by atoms with Crippen LogP contribution in [0.1, 0.15) is 12.8 Å². The van der Waals surface area contributed by atoms with E-state index in [1.807, 2.05) is 0 Å². The molecule has 0 aromatic carbocycles. The van der Waals surface area contributed by atoms with Crippen LogP contribution in [-0.4, -0.2) is 60.9 Å². The summed E-state index contributed by atoms with van der Waals surface area (Å²) in [5, 5.41) is 8.87. The normalized spacial score (nSPS) is 24.8. The van der Waals surface area contributed by atoms with E-state index in [-0.39, 0.29) is 19.5 Å². The third-order valence-corrected chi connectivity index (χ3v) is 3.57. The molecule has 0 saturated carbocycles. The number of carbonyl (C=O) groups excluding carboxylic acids is 1. The number of methoxy groups -OCH3 is 1. The topological polar surface area (TPSA) is 92.9 Å². The lowest BCUT2D eigenvalue weighted by atomic mass is 9.86. The molecule has 3 N–H and O–H groups in total. The molecule has 6 nitrogen and oxygen atoms in total. The predicted octanol–water partition coefficient (Wildman–Crippen LogP) is 0.216. The number of carbonyl (C=O) groups is 2. The minimum atomic E-state index is -4.90. The Morgan fingerprint density at radius 2 is 2.10 bits per heavy atom. The van der Waals surface area contributed by atoms with Gasteiger partial charge >= 0.3 is 12.1 Å². The van der Waals surface area contributed by atoms with Crippen molar-refractivity contribution in [3.8, 4) is 0 Å². The van der Waals surface area contributed by atoms with Crippen molar-refractivity contribution in [3.05, 3.63) is 0 Å². The summed E-state index contributed by atoms with van der Waals surface area (Å²) in [7, 11) is 1.34. The fourth-order valence-electron chi connectivity index (χ4n) is 2.14. The molecule has 0 aliphatic carbocycles. The van der Waals surface area contributed by atoms with Crippen molar-refractivity contribution in [1.82, 2.24) is 4.90 Å². The van der Waals surface area contributed by atoms with Crippen LogP contribution in [-0.2, 0) is 14.3 Å². The SMILES string of the molecule is COC(CN)CC(=O)N1CCC(C(=O)O)(C(F)(F)F)C1. The maximum atomic E-state index is 12.9. The first-order chi connectivity index (χ1) is 9.17. The molecule has 1 aliphatic heterocycles. The average molecular weight is 298 g/mol. The van der Waals surface area contributed by atoms with Crippen LogP contribution in [0.25, 0.3) is 0 Å². The van der Waals surface area contributed by atoms with Gasteiger partial charge in [0.15, 0.2) is 5.41 Å². The molecule has 2 atom stereocenters. The number of ether oxygens (including phenoxy) is 1. The van der Waals surface area contributed by atoms with Gasteiger partial charge in [-0.05, 0) is 6.42 Å². The Bertz CT molecular complexity index is 384. The Morgan fingerprint density at radius 3 is 2.45 bits per heavy atom. The molecule has 1 fully saturated rings. The summed E-state index contributed by atoms with van der Waals surface area (Å²) in [6.07, 6.45) is -6.30. The lowest BCUT2D eigenvalue weighted by Crippen LogP contribution is -2.48. The lowest BCUT2D eigenvalue weighted by molar-refractivity contribution is -0.227. The number of nitrogens with zero attached hydrogens (tertiary/aromatic N) is 1. The van der Waals surface area contributed by atoms with E-state index in [0.717, 1.165) is 4.90 Å². The second kappa shape index (κ2) is 5.96. The van der Waals surface area contributed by atoms with Crippen molar-refractivity contribution in [2.75, 3.05) is 26.7 Å². The fourth-order valence-corrected chi connectivity index (χ4v) is 2.14. The van der Waals surface area contributed by atoms with Crippen molar-refractivity contribution in [2.24, 2.45) is 11.1 Å². The smallest absolute Gasteiger partial charge is 0.406 e. The largest absolute Gasteiger partial charge is 0.481 e. The van der Waals surface area contributed by atoms with Crippen LogP contribution < -0.4 is 5.73 Å². The van der Waals surface area contributed by atoms with E-state index in [0.29, 0.717) is 0 Å². The molecule has 0 aromatic rings. The van der Waals surface area contributed by atoms with E-state index in [4.69, 9.17) is 15.6 Å². The molecule has 9 heteroatoms. The van der Waals surface area contributed by atoms with Crippen LogP contribution in [0.2, 0.25) is 0 Å². The van der Waals surface area contributed by atoms with Gasteiger partial charge in [0.05, 0.1) is 12.5 Å². The van der Waals surface area contributed by atoms with Gasteiger partial charge < -0.3 is 20.5 Å². The van der Waals surface area contributed by atoms with Gasteiger partial charge in [-0.3, -0.25) is 9.59 Å². The van der Waals surface area contributed by atoms with Crippen molar-refractivity contribution >= 4 is 11.9 Å². The molecule has 2 unspecified atom stereocenters. The highest BCUT2D eigenvalue weighted by molar-refractivity contribution is 5.81.